The van der Waals surface area contributed by atoms with E-state index in [1.165, 1.54) is 21.6 Å². The predicted octanol–water partition coefficient (Wildman–Crippen LogP) is 5.91. The Balaban J connectivity index is 1.72. The highest BCUT2D eigenvalue weighted by atomic mass is 32.2. The van der Waals surface area contributed by atoms with Gasteiger partial charge in [0.25, 0.3) is 0 Å². The predicted molar refractivity (Wildman–Crippen MR) is 112 cm³/mol. The minimum atomic E-state index is 0.377. The van der Waals surface area contributed by atoms with E-state index in [4.69, 9.17) is 5.73 Å². The number of nitrogens with two attached hydrogens (primary N) is 1. The first-order valence-electron chi connectivity index (χ1n) is 8.51. The SMILES string of the molecule is NCCc1ccc(SC(SCc2ccccc2)c2ccccc2)cc1. The monoisotopic (exact) mass is 365 g/mol. The summed E-state index contributed by atoms with van der Waals surface area (Å²) in [6, 6.07) is 30.3. The van der Waals surface area contributed by atoms with Crippen LogP contribution >= 0.6 is 23.5 Å². The molecule has 1 unspecified atom stereocenters. The Morgan fingerprint density at radius 1 is 0.720 bits per heavy atom. The van der Waals surface area contributed by atoms with Gasteiger partial charge in [0.05, 0.1) is 4.58 Å². The second-order valence-corrected chi connectivity index (χ2v) is 8.41. The smallest absolute Gasteiger partial charge is 0.0801 e. The van der Waals surface area contributed by atoms with Crippen LogP contribution in [0.2, 0.25) is 0 Å². The van der Waals surface area contributed by atoms with Crippen LogP contribution in [0.5, 0.6) is 0 Å². The molecule has 0 radical (unpaired) electrons. The molecule has 3 aromatic carbocycles. The minimum absolute atomic E-state index is 0.377. The van der Waals surface area contributed by atoms with Crippen molar-refractivity contribution < 1.29 is 0 Å². The molecule has 0 spiro atoms. The summed E-state index contributed by atoms with van der Waals surface area (Å²) in [6.45, 7) is 0.700. The maximum Gasteiger partial charge on any atom is 0.0801 e. The molecular weight excluding hydrogens is 342 g/mol. The van der Waals surface area contributed by atoms with E-state index in [0.29, 0.717) is 11.1 Å². The molecule has 2 N–H and O–H groups in total. The molecule has 3 heteroatoms. The largest absolute Gasteiger partial charge is 0.330 e. The van der Waals surface area contributed by atoms with Crippen molar-refractivity contribution >= 4 is 23.5 Å². The summed E-state index contributed by atoms with van der Waals surface area (Å²) >= 11 is 3.90. The summed E-state index contributed by atoms with van der Waals surface area (Å²) in [5, 5.41) is 0. The van der Waals surface area contributed by atoms with Gasteiger partial charge in [-0.05, 0) is 41.8 Å². The molecule has 0 aromatic heterocycles. The lowest BCUT2D eigenvalue weighted by atomic mass is 10.2. The van der Waals surface area contributed by atoms with Crippen LogP contribution in [0.15, 0.2) is 89.8 Å². The van der Waals surface area contributed by atoms with Crippen LogP contribution in [0.3, 0.4) is 0 Å². The molecule has 3 rings (SSSR count). The van der Waals surface area contributed by atoms with Crippen LogP contribution in [-0.2, 0) is 12.2 Å². The van der Waals surface area contributed by atoms with E-state index >= 15 is 0 Å². The van der Waals surface area contributed by atoms with Crippen molar-refractivity contribution in [2.24, 2.45) is 5.73 Å². The lowest BCUT2D eigenvalue weighted by Crippen LogP contribution is -2.02. The molecule has 0 aliphatic carbocycles. The summed E-state index contributed by atoms with van der Waals surface area (Å²) in [4.78, 5) is 1.30. The van der Waals surface area contributed by atoms with Gasteiger partial charge < -0.3 is 5.73 Å². The Kier molecular flexibility index (Phi) is 7.04. The van der Waals surface area contributed by atoms with E-state index in [1.54, 1.807) is 0 Å². The second kappa shape index (κ2) is 9.71. The molecule has 0 aliphatic heterocycles. The van der Waals surface area contributed by atoms with Crippen molar-refractivity contribution in [3.63, 3.8) is 0 Å². The van der Waals surface area contributed by atoms with Crippen molar-refractivity contribution in [1.82, 2.24) is 0 Å². The van der Waals surface area contributed by atoms with Gasteiger partial charge in [-0.25, -0.2) is 0 Å². The number of thioether (sulfide) groups is 2. The van der Waals surface area contributed by atoms with Crippen LogP contribution in [0.4, 0.5) is 0 Å². The van der Waals surface area contributed by atoms with Crippen LogP contribution in [-0.4, -0.2) is 6.54 Å². The Morgan fingerprint density at radius 3 is 2.00 bits per heavy atom. The molecule has 0 saturated heterocycles. The van der Waals surface area contributed by atoms with Crippen molar-refractivity contribution in [1.29, 1.82) is 0 Å². The molecule has 3 aromatic rings. The van der Waals surface area contributed by atoms with E-state index < -0.39 is 0 Å². The lowest BCUT2D eigenvalue weighted by molar-refractivity contribution is 0.966. The zero-order valence-corrected chi connectivity index (χ0v) is 15.8. The first kappa shape index (κ1) is 18.1. The molecule has 1 atom stereocenters. The quantitative estimate of drug-likeness (QED) is 0.397. The summed E-state index contributed by atoms with van der Waals surface area (Å²) in [6.07, 6.45) is 0.940. The van der Waals surface area contributed by atoms with Gasteiger partial charge in [0.2, 0.25) is 0 Å². The molecule has 0 heterocycles. The summed E-state index contributed by atoms with van der Waals surface area (Å²) in [5.41, 5.74) is 9.68. The molecule has 0 aliphatic rings. The zero-order chi connectivity index (χ0) is 17.3. The average molecular weight is 366 g/mol. The third-order valence-electron chi connectivity index (χ3n) is 3.92. The van der Waals surface area contributed by atoms with Gasteiger partial charge in [-0.15, -0.1) is 23.5 Å². The Hall–Kier alpha value is -1.68. The van der Waals surface area contributed by atoms with Gasteiger partial charge >= 0.3 is 0 Å². The van der Waals surface area contributed by atoms with E-state index in [2.05, 4.69) is 84.9 Å². The topological polar surface area (TPSA) is 26.0 Å². The highest BCUT2D eigenvalue weighted by Gasteiger charge is 2.14. The van der Waals surface area contributed by atoms with E-state index in [0.717, 1.165) is 12.2 Å². The van der Waals surface area contributed by atoms with E-state index in [1.807, 2.05) is 23.5 Å². The highest BCUT2D eigenvalue weighted by Crippen LogP contribution is 2.44. The second-order valence-electron chi connectivity index (χ2n) is 5.84. The number of hydrogen-bond donors (Lipinski definition) is 1. The van der Waals surface area contributed by atoms with Gasteiger partial charge in [-0.1, -0.05) is 72.8 Å². The molecular formula is C22H23NS2. The minimum Gasteiger partial charge on any atom is -0.330 e. The first-order chi connectivity index (χ1) is 12.3. The molecule has 0 saturated carbocycles. The molecule has 1 nitrogen and oxygen atoms in total. The first-order valence-corrected chi connectivity index (χ1v) is 10.4. The van der Waals surface area contributed by atoms with Crippen molar-refractivity contribution in [2.45, 2.75) is 21.7 Å². The number of hydrogen-bond acceptors (Lipinski definition) is 3. The molecule has 0 bridgehead atoms. The van der Waals surface area contributed by atoms with Gasteiger partial charge in [0, 0.05) is 10.6 Å². The normalized spacial score (nSPS) is 12.0. The van der Waals surface area contributed by atoms with Crippen molar-refractivity contribution in [3.8, 4) is 0 Å². The van der Waals surface area contributed by atoms with Crippen molar-refractivity contribution in [3.05, 3.63) is 102 Å². The fourth-order valence-electron chi connectivity index (χ4n) is 2.58. The average Bonchev–Trinajstić information content (AvgIpc) is 2.68. The summed E-state index contributed by atoms with van der Waals surface area (Å²) < 4.78 is 0.377. The maximum absolute atomic E-state index is 5.64. The molecule has 0 fully saturated rings. The lowest BCUT2D eigenvalue weighted by Gasteiger charge is -2.17. The van der Waals surface area contributed by atoms with Crippen LogP contribution < -0.4 is 5.73 Å². The van der Waals surface area contributed by atoms with Gasteiger partial charge in [-0.3, -0.25) is 0 Å². The Morgan fingerprint density at radius 2 is 1.36 bits per heavy atom. The fraction of sp³-hybridized carbons (Fsp3) is 0.182. The number of rotatable bonds is 8. The molecule has 25 heavy (non-hydrogen) atoms. The third-order valence-corrected chi connectivity index (χ3v) is 6.72. The van der Waals surface area contributed by atoms with Crippen LogP contribution in [0.1, 0.15) is 21.3 Å². The third kappa shape index (κ3) is 5.67. The standard InChI is InChI=1S/C22H23NS2/c23-16-15-18-11-13-21(14-12-18)25-22(20-9-5-2-6-10-20)24-17-19-7-3-1-4-8-19/h1-14,22H,15-17,23H2. The Labute approximate surface area is 159 Å². The number of benzene rings is 3. The van der Waals surface area contributed by atoms with Gasteiger partial charge in [0.1, 0.15) is 0 Å². The van der Waals surface area contributed by atoms with E-state index in [-0.39, 0.29) is 0 Å². The summed E-state index contributed by atoms with van der Waals surface area (Å²) in [5.74, 6) is 1.01. The molecule has 128 valence electrons. The van der Waals surface area contributed by atoms with E-state index in [9.17, 15) is 0 Å². The van der Waals surface area contributed by atoms with Crippen LogP contribution in [0, 0.1) is 0 Å². The summed E-state index contributed by atoms with van der Waals surface area (Å²) in [7, 11) is 0. The van der Waals surface area contributed by atoms with Crippen LogP contribution in [0.25, 0.3) is 0 Å². The van der Waals surface area contributed by atoms with Gasteiger partial charge in [-0.2, -0.15) is 0 Å². The molecule has 0 amide bonds. The zero-order valence-electron chi connectivity index (χ0n) is 14.2. The Bertz CT molecular complexity index is 742. The van der Waals surface area contributed by atoms with Gasteiger partial charge in [0.15, 0.2) is 0 Å². The fourth-order valence-corrected chi connectivity index (χ4v) is 5.11. The highest BCUT2D eigenvalue weighted by molar-refractivity contribution is 8.16. The van der Waals surface area contributed by atoms with Crippen molar-refractivity contribution in [2.75, 3.05) is 6.54 Å². The maximum atomic E-state index is 5.64.